The molecule has 1 heterocycles. The molecule has 2 rings (SSSR count). The third-order valence-electron chi connectivity index (χ3n) is 3.87. The van der Waals surface area contributed by atoms with Crippen LogP contribution in [0.15, 0.2) is 18.2 Å². The van der Waals surface area contributed by atoms with E-state index in [0.717, 1.165) is 37.7 Å². The lowest BCUT2D eigenvalue weighted by atomic mass is 10.1. The van der Waals surface area contributed by atoms with Gasteiger partial charge in [0.1, 0.15) is 14.9 Å². The molecule has 0 radical (unpaired) electrons. The first-order valence-electron chi connectivity index (χ1n) is 8.31. The van der Waals surface area contributed by atoms with Crippen molar-refractivity contribution in [2.45, 2.75) is 6.92 Å². The number of carbonyl (C=O) groups excluding carboxylic acids is 4. The molecule has 0 saturated carbocycles. The Morgan fingerprint density at radius 2 is 1.77 bits per heavy atom. The molecular formula is C18H15ClN2O9S. The number of amides is 1. The SMILES string of the molecule is COC(=O)c1sc(NC(=O)COC(=O)c2ccc(Cl)c([N+](=O)[O-])c2)c(C(=O)OC)c1C. The molecule has 0 aliphatic carbocycles. The van der Waals surface area contributed by atoms with Gasteiger partial charge in [0.15, 0.2) is 6.61 Å². The van der Waals surface area contributed by atoms with Crippen molar-refractivity contribution < 1.29 is 38.3 Å². The number of benzene rings is 1. The Kier molecular flexibility index (Phi) is 7.67. The normalized spacial score (nSPS) is 10.2. The van der Waals surface area contributed by atoms with E-state index in [1.165, 1.54) is 13.0 Å². The Labute approximate surface area is 184 Å². The van der Waals surface area contributed by atoms with Gasteiger partial charge in [-0.15, -0.1) is 11.3 Å². The number of carbonyl (C=O) groups is 4. The number of hydrogen-bond acceptors (Lipinski definition) is 10. The zero-order valence-electron chi connectivity index (χ0n) is 16.3. The fraction of sp³-hybridized carbons (Fsp3) is 0.222. The Bertz CT molecular complexity index is 1080. The van der Waals surface area contributed by atoms with Crippen molar-refractivity contribution in [2.75, 3.05) is 26.1 Å². The molecule has 0 aliphatic heterocycles. The lowest BCUT2D eigenvalue weighted by molar-refractivity contribution is -0.384. The van der Waals surface area contributed by atoms with Crippen molar-refractivity contribution in [3.8, 4) is 0 Å². The van der Waals surface area contributed by atoms with Gasteiger partial charge in [-0.05, 0) is 24.6 Å². The first kappa shape index (κ1) is 23.8. The highest BCUT2D eigenvalue weighted by molar-refractivity contribution is 7.18. The fourth-order valence-corrected chi connectivity index (χ4v) is 3.71. The maximum Gasteiger partial charge on any atom is 0.348 e. The van der Waals surface area contributed by atoms with Gasteiger partial charge in [-0.3, -0.25) is 14.9 Å². The molecule has 0 bridgehead atoms. The number of anilines is 1. The molecule has 0 aliphatic rings. The molecule has 0 fully saturated rings. The second-order valence-corrected chi connectivity index (χ2v) is 7.22. The van der Waals surface area contributed by atoms with Crippen molar-refractivity contribution in [3.05, 3.63) is 54.9 Å². The van der Waals surface area contributed by atoms with E-state index in [0.29, 0.717) is 0 Å². The van der Waals surface area contributed by atoms with Crippen molar-refractivity contribution in [1.82, 2.24) is 0 Å². The van der Waals surface area contributed by atoms with Crippen LogP contribution in [0.3, 0.4) is 0 Å². The molecule has 0 saturated heterocycles. The number of nitro groups is 1. The number of halogens is 1. The lowest BCUT2D eigenvalue weighted by Crippen LogP contribution is -2.21. The number of methoxy groups -OCH3 is 2. The molecule has 2 aromatic rings. The van der Waals surface area contributed by atoms with E-state index >= 15 is 0 Å². The van der Waals surface area contributed by atoms with Gasteiger partial charge in [-0.25, -0.2) is 14.4 Å². The number of hydrogen-bond donors (Lipinski definition) is 1. The van der Waals surface area contributed by atoms with Crippen LogP contribution in [0.1, 0.15) is 36.0 Å². The highest BCUT2D eigenvalue weighted by atomic mass is 35.5. The van der Waals surface area contributed by atoms with Crippen LogP contribution in [0.5, 0.6) is 0 Å². The van der Waals surface area contributed by atoms with E-state index in [1.807, 2.05) is 0 Å². The highest BCUT2D eigenvalue weighted by Crippen LogP contribution is 2.34. The first-order chi connectivity index (χ1) is 14.6. The summed E-state index contributed by atoms with van der Waals surface area (Å²) in [7, 11) is 2.30. The van der Waals surface area contributed by atoms with Gasteiger partial charge in [0.05, 0.1) is 30.3 Å². The van der Waals surface area contributed by atoms with E-state index in [1.54, 1.807) is 0 Å². The lowest BCUT2D eigenvalue weighted by Gasteiger charge is -2.07. The summed E-state index contributed by atoms with van der Waals surface area (Å²) in [5.74, 6) is -3.31. The van der Waals surface area contributed by atoms with Gasteiger partial charge in [0, 0.05) is 6.07 Å². The molecule has 1 aromatic carbocycles. The summed E-state index contributed by atoms with van der Waals surface area (Å²) in [6, 6.07) is 3.28. The summed E-state index contributed by atoms with van der Waals surface area (Å²) < 4.78 is 14.2. The van der Waals surface area contributed by atoms with E-state index in [2.05, 4.69) is 14.8 Å². The second kappa shape index (κ2) is 10.00. The van der Waals surface area contributed by atoms with Crippen LogP contribution >= 0.6 is 22.9 Å². The molecule has 11 nitrogen and oxygen atoms in total. The molecule has 1 N–H and O–H groups in total. The summed E-state index contributed by atoms with van der Waals surface area (Å²) >= 11 is 6.48. The van der Waals surface area contributed by atoms with Crippen LogP contribution in [0.2, 0.25) is 5.02 Å². The Morgan fingerprint density at radius 1 is 1.13 bits per heavy atom. The van der Waals surface area contributed by atoms with Gasteiger partial charge in [0.2, 0.25) is 0 Å². The van der Waals surface area contributed by atoms with Crippen LogP contribution < -0.4 is 5.32 Å². The minimum absolute atomic E-state index is 0.00734. The quantitative estimate of drug-likeness (QED) is 0.278. The van der Waals surface area contributed by atoms with Gasteiger partial charge >= 0.3 is 17.9 Å². The second-order valence-electron chi connectivity index (χ2n) is 5.79. The van der Waals surface area contributed by atoms with Crippen LogP contribution in [0.4, 0.5) is 10.7 Å². The predicted molar refractivity (Wildman–Crippen MR) is 109 cm³/mol. The summed E-state index contributed by atoms with van der Waals surface area (Å²) in [4.78, 5) is 58.5. The minimum atomic E-state index is -0.999. The molecule has 1 amide bonds. The molecule has 164 valence electrons. The maximum atomic E-state index is 12.2. The average Bonchev–Trinajstić information content (AvgIpc) is 3.06. The monoisotopic (exact) mass is 470 g/mol. The topological polar surface area (TPSA) is 151 Å². The maximum absolute atomic E-state index is 12.2. The van der Waals surface area contributed by atoms with Crippen LogP contribution in [-0.4, -0.2) is 49.6 Å². The first-order valence-corrected chi connectivity index (χ1v) is 9.51. The smallest absolute Gasteiger partial charge is 0.348 e. The molecule has 0 spiro atoms. The predicted octanol–water partition coefficient (Wildman–Crippen LogP) is 2.99. The summed E-state index contributed by atoms with van der Waals surface area (Å²) in [6.45, 7) is 0.721. The van der Waals surface area contributed by atoms with Crippen molar-refractivity contribution >= 4 is 57.4 Å². The van der Waals surface area contributed by atoms with Crippen molar-refractivity contribution in [2.24, 2.45) is 0 Å². The highest BCUT2D eigenvalue weighted by Gasteiger charge is 2.27. The number of nitrogens with zero attached hydrogens (tertiary/aromatic N) is 1. The molecule has 0 atom stereocenters. The number of rotatable bonds is 7. The Hall–Kier alpha value is -3.51. The van der Waals surface area contributed by atoms with Crippen molar-refractivity contribution in [1.29, 1.82) is 0 Å². The summed E-state index contributed by atoms with van der Waals surface area (Å²) in [5.41, 5.74) is -0.461. The molecule has 31 heavy (non-hydrogen) atoms. The van der Waals surface area contributed by atoms with E-state index in [9.17, 15) is 29.3 Å². The largest absolute Gasteiger partial charge is 0.465 e. The number of nitrogens with one attached hydrogen (secondary N) is 1. The Morgan fingerprint density at radius 3 is 2.35 bits per heavy atom. The zero-order chi connectivity index (χ0) is 23.3. The molecule has 0 unspecified atom stereocenters. The van der Waals surface area contributed by atoms with Crippen LogP contribution in [0.25, 0.3) is 0 Å². The minimum Gasteiger partial charge on any atom is -0.465 e. The average molecular weight is 471 g/mol. The third-order valence-corrected chi connectivity index (χ3v) is 5.38. The Balaban J connectivity index is 2.15. The summed E-state index contributed by atoms with van der Waals surface area (Å²) in [6.07, 6.45) is 0. The number of thiophene rings is 1. The van der Waals surface area contributed by atoms with Crippen molar-refractivity contribution in [3.63, 3.8) is 0 Å². The van der Waals surface area contributed by atoms with Gasteiger partial charge in [0.25, 0.3) is 11.6 Å². The van der Waals surface area contributed by atoms with E-state index in [-0.39, 0.29) is 31.6 Å². The molecule has 1 aromatic heterocycles. The summed E-state index contributed by atoms with van der Waals surface area (Å²) in [5, 5.41) is 13.1. The van der Waals surface area contributed by atoms with E-state index in [4.69, 9.17) is 16.3 Å². The zero-order valence-corrected chi connectivity index (χ0v) is 17.9. The standard InChI is InChI=1S/C18H15ClN2O9S/c1-8-13(17(24)28-2)15(31-14(8)18(25)29-3)20-12(22)7-30-16(23)9-4-5-10(19)11(6-9)21(26)27/h4-6H,7H2,1-3H3,(H,20,22). The fourth-order valence-electron chi connectivity index (χ4n) is 2.39. The van der Waals surface area contributed by atoms with Gasteiger partial charge < -0.3 is 19.5 Å². The van der Waals surface area contributed by atoms with Crippen LogP contribution in [0, 0.1) is 17.0 Å². The number of esters is 3. The molecule has 13 heteroatoms. The number of nitro benzene ring substituents is 1. The van der Waals surface area contributed by atoms with Gasteiger partial charge in [-0.1, -0.05) is 11.6 Å². The van der Waals surface area contributed by atoms with E-state index < -0.39 is 41.0 Å². The molecular weight excluding hydrogens is 456 g/mol. The van der Waals surface area contributed by atoms with Gasteiger partial charge in [-0.2, -0.15) is 0 Å². The number of ether oxygens (including phenoxy) is 3. The third kappa shape index (κ3) is 5.35. The van der Waals surface area contributed by atoms with Crippen LogP contribution in [-0.2, 0) is 19.0 Å².